The van der Waals surface area contributed by atoms with E-state index in [4.69, 9.17) is 10.5 Å². The molecule has 1 heterocycles. The molecule has 2 aromatic rings. The monoisotopic (exact) mass is 245 g/mol. The highest BCUT2D eigenvalue weighted by atomic mass is 16.5. The molecule has 0 fully saturated rings. The van der Waals surface area contributed by atoms with E-state index >= 15 is 0 Å². The molecule has 0 spiro atoms. The number of nitrogen functional groups attached to an aromatic ring is 1. The number of hydrogen-bond donors (Lipinski definition) is 1. The molecule has 0 saturated heterocycles. The van der Waals surface area contributed by atoms with E-state index in [0.29, 0.717) is 30.3 Å². The number of aromatic nitrogens is 2. The van der Waals surface area contributed by atoms with Gasteiger partial charge in [0.2, 0.25) is 5.78 Å². The van der Waals surface area contributed by atoms with E-state index < -0.39 is 0 Å². The van der Waals surface area contributed by atoms with Gasteiger partial charge >= 0.3 is 0 Å². The van der Waals surface area contributed by atoms with Crippen LogP contribution >= 0.6 is 0 Å². The van der Waals surface area contributed by atoms with E-state index in [9.17, 15) is 4.79 Å². The molecule has 18 heavy (non-hydrogen) atoms. The van der Waals surface area contributed by atoms with Crippen molar-refractivity contribution in [3.63, 3.8) is 0 Å². The van der Waals surface area contributed by atoms with Crippen LogP contribution in [0, 0.1) is 0 Å². The number of Topliss-reactive ketones (excluding diaryl/α,β-unsaturated/α-hetero) is 1. The molecule has 0 aliphatic heterocycles. The lowest BCUT2D eigenvalue weighted by Gasteiger charge is -2.06. The van der Waals surface area contributed by atoms with Crippen molar-refractivity contribution < 1.29 is 9.53 Å². The Morgan fingerprint density at radius 3 is 3.00 bits per heavy atom. The smallest absolute Gasteiger partial charge is 0.201 e. The molecule has 1 aromatic carbocycles. The molecule has 1 aromatic heterocycles. The van der Waals surface area contributed by atoms with Gasteiger partial charge in [0.25, 0.3) is 0 Å². The number of ether oxygens (including phenoxy) is 1. The van der Waals surface area contributed by atoms with Crippen molar-refractivity contribution >= 4 is 11.5 Å². The van der Waals surface area contributed by atoms with Crippen LogP contribution in [0.1, 0.15) is 17.0 Å². The second-order valence-electron chi connectivity index (χ2n) is 3.96. The number of nitrogens with two attached hydrogens (primary N) is 1. The summed E-state index contributed by atoms with van der Waals surface area (Å²) < 4.78 is 7.15. The molecular formula is C13H15N3O2. The number of hydrogen-bond acceptors (Lipinski definition) is 4. The highest BCUT2D eigenvalue weighted by molar-refractivity contribution is 5.92. The van der Waals surface area contributed by atoms with E-state index in [1.807, 2.05) is 12.1 Å². The number of ketones is 1. The second kappa shape index (κ2) is 5.35. The molecule has 0 aliphatic carbocycles. The quantitative estimate of drug-likeness (QED) is 0.642. The topological polar surface area (TPSA) is 70.1 Å². The molecule has 0 saturated carbocycles. The van der Waals surface area contributed by atoms with Crippen LogP contribution < -0.4 is 10.5 Å². The van der Waals surface area contributed by atoms with Crippen molar-refractivity contribution in [3.05, 3.63) is 42.5 Å². The maximum atomic E-state index is 11.8. The summed E-state index contributed by atoms with van der Waals surface area (Å²) in [6.45, 7) is 0.315. The number of aryl methyl sites for hydroxylation is 1. The van der Waals surface area contributed by atoms with Crippen LogP contribution in [-0.4, -0.2) is 21.9 Å². The average Bonchev–Trinajstić information content (AvgIpc) is 2.75. The van der Waals surface area contributed by atoms with Crippen molar-refractivity contribution in [2.45, 2.75) is 6.42 Å². The molecule has 2 N–H and O–H groups in total. The lowest BCUT2D eigenvalue weighted by molar-refractivity contribution is 0.0949. The average molecular weight is 245 g/mol. The van der Waals surface area contributed by atoms with Gasteiger partial charge in [-0.2, -0.15) is 0 Å². The summed E-state index contributed by atoms with van der Waals surface area (Å²) in [7, 11) is 1.79. The molecule has 94 valence electrons. The Bertz CT molecular complexity index is 549. The second-order valence-corrected chi connectivity index (χ2v) is 3.96. The molecule has 0 radical (unpaired) electrons. The predicted molar refractivity (Wildman–Crippen MR) is 68.5 cm³/mol. The van der Waals surface area contributed by atoms with Crippen LogP contribution in [0.3, 0.4) is 0 Å². The number of rotatable bonds is 5. The first kappa shape index (κ1) is 12.2. The third kappa shape index (κ3) is 2.88. The van der Waals surface area contributed by atoms with E-state index in [2.05, 4.69) is 4.98 Å². The molecule has 5 nitrogen and oxygen atoms in total. The van der Waals surface area contributed by atoms with Crippen LogP contribution in [0.25, 0.3) is 0 Å². The largest absolute Gasteiger partial charge is 0.493 e. The van der Waals surface area contributed by atoms with E-state index in [1.165, 1.54) is 0 Å². The highest BCUT2D eigenvalue weighted by Gasteiger charge is 2.10. The fourth-order valence-corrected chi connectivity index (χ4v) is 1.61. The van der Waals surface area contributed by atoms with Crippen LogP contribution in [0.4, 0.5) is 5.69 Å². The molecule has 5 heteroatoms. The Hall–Kier alpha value is -2.30. The maximum absolute atomic E-state index is 11.8. The first-order chi connectivity index (χ1) is 8.66. The maximum Gasteiger partial charge on any atom is 0.201 e. The van der Waals surface area contributed by atoms with E-state index in [1.54, 1.807) is 36.1 Å². The molecule has 0 amide bonds. The fraction of sp³-hybridized carbons (Fsp3) is 0.231. The van der Waals surface area contributed by atoms with Crippen LogP contribution in [-0.2, 0) is 7.05 Å². The Balaban J connectivity index is 1.86. The van der Waals surface area contributed by atoms with Gasteiger partial charge in [-0.25, -0.2) is 4.98 Å². The molecular weight excluding hydrogens is 230 g/mol. The molecule has 0 bridgehead atoms. The van der Waals surface area contributed by atoms with Gasteiger partial charge in [0, 0.05) is 37.6 Å². The minimum Gasteiger partial charge on any atom is -0.493 e. The van der Waals surface area contributed by atoms with Crippen LogP contribution in [0.2, 0.25) is 0 Å². The lowest BCUT2D eigenvalue weighted by atomic mass is 10.3. The Labute approximate surface area is 105 Å². The lowest BCUT2D eigenvalue weighted by Crippen LogP contribution is -2.11. The summed E-state index contributed by atoms with van der Waals surface area (Å²) in [5, 5.41) is 0. The van der Waals surface area contributed by atoms with Gasteiger partial charge in [-0.1, -0.05) is 6.07 Å². The standard InChI is InChI=1S/C13H15N3O2/c1-16-7-6-15-13(16)12(17)5-8-18-11-4-2-3-10(14)9-11/h2-4,6-7,9H,5,8,14H2,1H3. The third-order valence-corrected chi connectivity index (χ3v) is 2.53. The minimum absolute atomic E-state index is 0.0357. The summed E-state index contributed by atoms with van der Waals surface area (Å²) >= 11 is 0. The van der Waals surface area contributed by atoms with Crippen molar-refractivity contribution in [1.82, 2.24) is 9.55 Å². The predicted octanol–water partition coefficient (Wildman–Crippen LogP) is 1.65. The molecule has 0 aliphatic rings. The van der Waals surface area contributed by atoms with E-state index in [-0.39, 0.29) is 5.78 Å². The van der Waals surface area contributed by atoms with E-state index in [0.717, 1.165) is 0 Å². The number of imidazole rings is 1. The summed E-state index contributed by atoms with van der Waals surface area (Å²) in [5.74, 6) is 1.08. The number of carbonyl (C=O) groups excluding carboxylic acids is 1. The first-order valence-electron chi connectivity index (χ1n) is 5.65. The first-order valence-corrected chi connectivity index (χ1v) is 5.65. The Morgan fingerprint density at radius 1 is 1.50 bits per heavy atom. The minimum atomic E-state index is -0.0357. The summed E-state index contributed by atoms with van der Waals surface area (Å²) in [5.41, 5.74) is 6.27. The van der Waals surface area contributed by atoms with Crippen molar-refractivity contribution in [2.75, 3.05) is 12.3 Å². The van der Waals surface area contributed by atoms with Crippen molar-refractivity contribution in [1.29, 1.82) is 0 Å². The zero-order valence-corrected chi connectivity index (χ0v) is 10.2. The molecule has 2 rings (SSSR count). The van der Waals surface area contributed by atoms with Gasteiger partial charge in [-0.15, -0.1) is 0 Å². The van der Waals surface area contributed by atoms with Gasteiger partial charge in [0.15, 0.2) is 5.82 Å². The van der Waals surface area contributed by atoms with Gasteiger partial charge < -0.3 is 15.0 Å². The van der Waals surface area contributed by atoms with Gasteiger partial charge in [0.1, 0.15) is 5.75 Å². The van der Waals surface area contributed by atoms with Crippen molar-refractivity contribution in [3.8, 4) is 5.75 Å². The number of benzene rings is 1. The van der Waals surface area contributed by atoms with Crippen molar-refractivity contribution in [2.24, 2.45) is 7.05 Å². The summed E-state index contributed by atoms with van der Waals surface area (Å²) in [6.07, 6.45) is 3.64. The Morgan fingerprint density at radius 2 is 2.33 bits per heavy atom. The van der Waals surface area contributed by atoms with Gasteiger partial charge in [-0.05, 0) is 12.1 Å². The summed E-state index contributed by atoms with van der Waals surface area (Å²) in [6, 6.07) is 7.13. The SMILES string of the molecule is Cn1ccnc1C(=O)CCOc1cccc(N)c1. The number of nitrogens with zero attached hydrogens (tertiary/aromatic N) is 2. The van der Waals surface area contributed by atoms with Crippen LogP contribution in [0.15, 0.2) is 36.7 Å². The normalized spacial score (nSPS) is 10.3. The number of anilines is 1. The zero-order valence-electron chi connectivity index (χ0n) is 10.2. The highest BCUT2D eigenvalue weighted by Crippen LogP contribution is 2.14. The summed E-state index contributed by atoms with van der Waals surface area (Å²) in [4.78, 5) is 15.8. The molecule has 0 unspecified atom stereocenters. The van der Waals surface area contributed by atoms with Gasteiger partial charge in [-0.3, -0.25) is 4.79 Å². The Kier molecular flexibility index (Phi) is 3.62. The third-order valence-electron chi connectivity index (χ3n) is 2.53. The zero-order chi connectivity index (χ0) is 13.0. The molecule has 0 atom stereocenters. The number of carbonyl (C=O) groups is 1. The fourth-order valence-electron chi connectivity index (χ4n) is 1.61. The van der Waals surface area contributed by atoms with Gasteiger partial charge in [0.05, 0.1) is 6.61 Å². The van der Waals surface area contributed by atoms with Crippen LogP contribution in [0.5, 0.6) is 5.75 Å².